The van der Waals surface area contributed by atoms with Crippen molar-refractivity contribution in [2.75, 3.05) is 19.6 Å². The van der Waals surface area contributed by atoms with E-state index in [-0.39, 0.29) is 30.3 Å². The summed E-state index contributed by atoms with van der Waals surface area (Å²) in [6.07, 6.45) is 19.6. The Labute approximate surface area is 766 Å². The molecular formula is C110H127Cl4NP4Ru2. The van der Waals surface area contributed by atoms with Crippen LogP contribution in [0.1, 0.15) is 206 Å². The SMILES string of the molecule is CCN(CC)CC.Cc1cc(C)cc(P(c2cc(C)cc(C)c2)c2ccc3c(c2-c2c(P(c4cc(C)cc(C)c4)c4cc(C)cc(C)c4)ccc4c2CCCC4)CCCC3)c1.Cc1cc(C)cc(P(c2cc(C)cc(C)c2)c2ccc3c(c2-c2c(P(c4cc(C)cc(C)c4)c4cc(C)cc(C)c4)ccc4c2CCCC4)CCCC3)c1.[Cl][Ru][Cl].[Cl][Ru][Cl]. The molecule has 0 saturated heterocycles. The summed E-state index contributed by atoms with van der Waals surface area (Å²) in [5.41, 5.74) is 40.9. The van der Waals surface area contributed by atoms with Crippen molar-refractivity contribution in [2.24, 2.45) is 0 Å². The first-order valence-corrected chi connectivity index (χ1v) is 58.4. The molecule has 0 fully saturated rings. The Morgan fingerprint density at radius 1 is 0.215 bits per heavy atom. The molecule has 4 aliphatic carbocycles. The third-order valence-corrected chi connectivity index (χ3v) is 34.2. The van der Waals surface area contributed by atoms with E-state index in [0.717, 1.165) is 25.7 Å². The molecule has 0 unspecified atom stereocenters. The van der Waals surface area contributed by atoms with Gasteiger partial charge in [-0.15, -0.1) is 0 Å². The number of aryl methyl sites for hydroxylation is 20. The molecular weight excluding hydrogens is 1800 g/mol. The zero-order valence-corrected chi connectivity index (χ0v) is 85.4. The molecule has 4 aliphatic rings. The van der Waals surface area contributed by atoms with Crippen molar-refractivity contribution in [2.45, 2.75) is 234 Å². The van der Waals surface area contributed by atoms with Gasteiger partial charge >= 0.3 is 69.1 Å². The van der Waals surface area contributed by atoms with Gasteiger partial charge in [0.25, 0.3) is 0 Å². The van der Waals surface area contributed by atoms with Crippen LogP contribution in [0.3, 0.4) is 0 Å². The van der Waals surface area contributed by atoms with Gasteiger partial charge in [0.05, 0.1) is 0 Å². The summed E-state index contributed by atoms with van der Waals surface area (Å²) in [6, 6.07) is 79.3. The molecule has 0 N–H and O–H groups in total. The quantitative estimate of drug-likeness (QED) is 0.0649. The van der Waals surface area contributed by atoms with Crippen molar-refractivity contribution in [3.8, 4) is 22.3 Å². The molecule has 636 valence electrons. The van der Waals surface area contributed by atoms with E-state index < -0.39 is 31.7 Å². The molecule has 12 aromatic carbocycles. The average Bonchev–Trinajstić information content (AvgIpc) is 0.732. The van der Waals surface area contributed by atoms with Crippen molar-refractivity contribution in [1.82, 2.24) is 4.90 Å². The maximum absolute atomic E-state index is 4.85. The van der Waals surface area contributed by atoms with E-state index in [9.17, 15) is 0 Å². The van der Waals surface area contributed by atoms with Gasteiger partial charge < -0.3 is 4.90 Å². The minimum atomic E-state index is -0.837. The molecule has 16 rings (SSSR count). The number of rotatable bonds is 17. The molecule has 0 aliphatic heterocycles. The summed E-state index contributed by atoms with van der Waals surface area (Å²) in [5, 5.41) is 18.0. The molecule has 0 spiro atoms. The summed E-state index contributed by atoms with van der Waals surface area (Å²) in [6.45, 7) is 46.7. The molecule has 0 heterocycles. The molecule has 0 radical (unpaired) electrons. The summed E-state index contributed by atoms with van der Waals surface area (Å²) in [7, 11) is 16.1. The Morgan fingerprint density at radius 3 is 0.471 bits per heavy atom. The zero-order valence-electron chi connectivity index (χ0n) is 75.4. The normalized spacial score (nSPS) is 13.5. The first kappa shape index (κ1) is 94.8. The van der Waals surface area contributed by atoms with Crippen LogP contribution in [0, 0.1) is 111 Å². The molecule has 1 nitrogen and oxygen atoms in total. The van der Waals surface area contributed by atoms with E-state index in [2.05, 4.69) is 331 Å². The summed E-state index contributed by atoms with van der Waals surface area (Å²) >= 11 is -0.691. The van der Waals surface area contributed by atoms with E-state index in [1.165, 1.54) is 228 Å². The van der Waals surface area contributed by atoms with Gasteiger partial charge in [-0.1, -0.05) is 304 Å². The van der Waals surface area contributed by atoms with Crippen molar-refractivity contribution in [1.29, 1.82) is 0 Å². The first-order valence-electron chi connectivity index (χ1n) is 44.1. The van der Waals surface area contributed by atoms with Gasteiger partial charge in [0.15, 0.2) is 0 Å². The fraction of sp³-hybridized carbons (Fsp3) is 0.345. The fourth-order valence-corrected chi connectivity index (χ4v) is 31.7. The van der Waals surface area contributed by atoms with Crippen molar-refractivity contribution < 1.29 is 30.3 Å². The second-order valence-electron chi connectivity index (χ2n) is 35.0. The van der Waals surface area contributed by atoms with Crippen LogP contribution in [-0.4, -0.2) is 24.5 Å². The van der Waals surface area contributed by atoms with E-state index in [1.54, 1.807) is 88.0 Å². The van der Waals surface area contributed by atoms with Crippen molar-refractivity contribution in [3.05, 3.63) is 328 Å². The maximum atomic E-state index is 4.85. The Bertz CT molecular complexity index is 4620. The molecule has 0 saturated carbocycles. The van der Waals surface area contributed by atoms with Gasteiger partial charge in [-0.05, 0) is 395 Å². The van der Waals surface area contributed by atoms with Crippen molar-refractivity contribution in [3.63, 3.8) is 0 Å². The van der Waals surface area contributed by atoms with E-state index in [0.29, 0.717) is 0 Å². The van der Waals surface area contributed by atoms with Crippen LogP contribution in [0.4, 0.5) is 0 Å². The molecule has 0 bridgehead atoms. The summed E-state index contributed by atoms with van der Waals surface area (Å²) in [4.78, 5) is 2.38. The summed E-state index contributed by atoms with van der Waals surface area (Å²) < 4.78 is 0. The summed E-state index contributed by atoms with van der Waals surface area (Å²) in [5.74, 6) is 0. The second-order valence-corrected chi connectivity index (χ2v) is 49.1. The number of benzene rings is 12. The van der Waals surface area contributed by atoms with E-state index in [4.69, 9.17) is 38.8 Å². The molecule has 11 heteroatoms. The monoisotopic (exact) mass is 1930 g/mol. The van der Waals surface area contributed by atoms with Crippen LogP contribution in [0.25, 0.3) is 22.3 Å². The zero-order chi connectivity index (χ0) is 86.5. The van der Waals surface area contributed by atoms with E-state index in [1.807, 2.05) is 0 Å². The third-order valence-electron chi connectivity index (χ3n) is 24.6. The van der Waals surface area contributed by atoms with Gasteiger partial charge in [0.1, 0.15) is 0 Å². The van der Waals surface area contributed by atoms with Crippen LogP contribution in [0.15, 0.2) is 194 Å². The Balaban J connectivity index is 0.000000194. The second kappa shape index (κ2) is 44.4. The predicted molar refractivity (Wildman–Crippen MR) is 538 cm³/mol. The topological polar surface area (TPSA) is 3.24 Å². The Morgan fingerprint density at radius 2 is 0.347 bits per heavy atom. The van der Waals surface area contributed by atoms with Gasteiger partial charge in [0.2, 0.25) is 0 Å². The van der Waals surface area contributed by atoms with Crippen LogP contribution in [0.2, 0.25) is 0 Å². The average molecular weight is 1930 g/mol. The molecule has 121 heavy (non-hydrogen) atoms. The number of halogens is 4. The molecule has 0 aromatic heterocycles. The Hall–Kier alpha value is -5.27. The first-order chi connectivity index (χ1) is 58.2. The number of nitrogens with zero attached hydrogens (tertiary/aromatic N) is 1. The minimum absolute atomic E-state index is 0.346. The van der Waals surface area contributed by atoms with Crippen LogP contribution >= 0.6 is 70.5 Å². The predicted octanol–water partition coefficient (Wildman–Crippen LogP) is 26.3. The fourth-order valence-electron chi connectivity index (χ4n) is 20.1. The standard InChI is InChI=1S/2C52H56P2.C6H15N.4ClH.2Ru/c2*1-33-21-34(2)26-43(25-33)53(44-27-35(3)22-36(4)28-44)49-19-17-41-13-9-11-15-47(41)51(49)52-48-16-12-10-14-42(48)18-20-50(52)54(45-29-37(5)23-38(6)30-45)46-31-39(7)24-40(8)32-46;1-4-7(5-2)6-3;;;;;;/h2*17-32H,9-16H2,1-8H3;4-6H2,1-3H3;4*1H;;/q;;;;;;;2*+2/p-4. The van der Waals surface area contributed by atoms with Gasteiger partial charge in [0, 0.05) is 0 Å². The van der Waals surface area contributed by atoms with E-state index >= 15 is 0 Å². The van der Waals surface area contributed by atoms with Gasteiger partial charge in [-0.25, -0.2) is 0 Å². The van der Waals surface area contributed by atoms with Crippen LogP contribution in [0.5, 0.6) is 0 Å². The molecule has 0 amide bonds. The molecule has 12 aromatic rings. The third kappa shape index (κ3) is 23.6. The van der Waals surface area contributed by atoms with Gasteiger partial charge in [-0.3, -0.25) is 0 Å². The number of hydrogen-bond donors (Lipinski definition) is 0. The number of fused-ring (bicyclic) bond motifs is 4. The van der Waals surface area contributed by atoms with Crippen LogP contribution in [-0.2, 0) is 81.7 Å². The Kier molecular flexibility index (Phi) is 34.8. The van der Waals surface area contributed by atoms with Crippen molar-refractivity contribution >= 4 is 134 Å². The molecule has 0 atom stereocenters. The van der Waals surface area contributed by atoms with Crippen LogP contribution < -0.4 is 63.7 Å². The van der Waals surface area contributed by atoms with Gasteiger partial charge in [-0.2, -0.15) is 0 Å². The number of hydrogen-bond acceptors (Lipinski definition) is 1.